The highest BCUT2D eigenvalue weighted by atomic mass is 16.6. The highest BCUT2D eigenvalue weighted by Crippen LogP contribution is 2.09. The van der Waals surface area contributed by atoms with Gasteiger partial charge in [0.05, 0.1) is 13.7 Å². The molecule has 1 rings (SSSR count). The molecule has 1 aliphatic rings. The van der Waals surface area contributed by atoms with Gasteiger partial charge in [-0.05, 0) is 6.92 Å². The SMILES string of the molecule is C=C(C)C(=O)OCC1CO1.C=C=C.C=CC(=O)OC. The van der Waals surface area contributed by atoms with E-state index < -0.39 is 5.97 Å². The summed E-state index contributed by atoms with van der Waals surface area (Å²) in [5.74, 6) is -0.731. The zero-order valence-corrected chi connectivity index (χ0v) is 11.4. The maximum Gasteiger partial charge on any atom is 0.333 e. The molecule has 0 aliphatic carbocycles. The highest BCUT2D eigenvalue weighted by Gasteiger charge is 2.24. The van der Waals surface area contributed by atoms with Gasteiger partial charge < -0.3 is 14.2 Å². The Morgan fingerprint density at radius 3 is 2.16 bits per heavy atom. The molecule has 0 saturated carbocycles. The summed E-state index contributed by atoms with van der Waals surface area (Å²) >= 11 is 0. The van der Waals surface area contributed by atoms with Gasteiger partial charge in [-0.15, -0.1) is 5.73 Å². The average Bonchev–Trinajstić information content (AvgIpc) is 3.20. The Morgan fingerprint density at radius 2 is 1.95 bits per heavy atom. The minimum atomic E-state index is -0.394. The Labute approximate surface area is 113 Å². The quantitative estimate of drug-likeness (QED) is 0.337. The summed E-state index contributed by atoms with van der Waals surface area (Å²) < 4.78 is 13.7. The Kier molecular flexibility index (Phi) is 12.5. The van der Waals surface area contributed by atoms with Crippen molar-refractivity contribution in [3.05, 3.63) is 43.7 Å². The van der Waals surface area contributed by atoms with Gasteiger partial charge in [-0.1, -0.05) is 26.3 Å². The molecule has 1 aliphatic heterocycles. The lowest BCUT2D eigenvalue weighted by atomic mass is 10.4. The predicted octanol–water partition coefficient (Wildman–Crippen LogP) is 1.81. The van der Waals surface area contributed by atoms with E-state index in [0.29, 0.717) is 18.8 Å². The van der Waals surface area contributed by atoms with Crippen LogP contribution in [0.3, 0.4) is 0 Å². The first-order valence-electron chi connectivity index (χ1n) is 5.36. The second kappa shape index (κ2) is 12.4. The summed E-state index contributed by atoms with van der Waals surface area (Å²) in [6.45, 7) is 15.5. The summed E-state index contributed by atoms with van der Waals surface area (Å²) in [6.07, 6.45) is 1.25. The molecule has 1 saturated heterocycles. The van der Waals surface area contributed by atoms with Crippen molar-refractivity contribution >= 4 is 11.9 Å². The lowest BCUT2D eigenvalue weighted by molar-refractivity contribution is -0.139. The number of methoxy groups -OCH3 is 1. The Balaban J connectivity index is 0. The maximum absolute atomic E-state index is 10.7. The Hall–Kier alpha value is -2.10. The lowest BCUT2D eigenvalue weighted by Crippen LogP contribution is -2.09. The van der Waals surface area contributed by atoms with Gasteiger partial charge in [0.2, 0.25) is 0 Å². The second-order valence-electron chi connectivity index (χ2n) is 3.31. The van der Waals surface area contributed by atoms with Crippen molar-refractivity contribution in [2.45, 2.75) is 13.0 Å². The highest BCUT2D eigenvalue weighted by molar-refractivity contribution is 5.86. The molecule has 19 heavy (non-hydrogen) atoms. The van der Waals surface area contributed by atoms with E-state index in [1.165, 1.54) is 7.11 Å². The third-order valence-corrected chi connectivity index (χ3v) is 1.52. The van der Waals surface area contributed by atoms with Crippen molar-refractivity contribution < 1.29 is 23.8 Å². The van der Waals surface area contributed by atoms with Crippen LogP contribution in [0, 0.1) is 0 Å². The molecule has 0 aromatic carbocycles. The summed E-state index contributed by atoms with van der Waals surface area (Å²) in [5.41, 5.74) is 2.68. The predicted molar refractivity (Wildman–Crippen MR) is 72.5 cm³/mol. The fraction of sp³-hybridized carbons (Fsp3) is 0.357. The summed E-state index contributed by atoms with van der Waals surface area (Å²) in [5, 5.41) is 0. The van der Waals surface area contributed by atoms with Gasteiger partial charge in [0, 0.05) is 11.6 Å². The van der Waals surface area contributed by atoms with Crippen molar-refractivity contribution in [3.8, 4) is 0 Å². The topological polar surface area (TPSA) is 65.1 Å². The van der Waals surface area contributed by atoms with Gasteiger partial charge in [-0.2, -0.15) is 0 Å². The molecule has 0 radical (unpaired) electrons. The number of carbonyl (C=O) groups excluding carboxylic acids is 2. The molecule has 5 heteroatoms. The number of esters is 2. The van der Waals surface area contributed by atoms with Crippen LogP contribution in [0.1, 0.15) is 6.92 Å². The van der Waals surface area contributed by atoms with Gasteiger partial charge in [0.15, 0.2) is 0 Å². The maximum atomic E-state index is 10.7. The molecule has 0 N–H and O–H groups in total. The number of hydrogen-bond acceptors (Lipinski definition) is 5. The zero-order valence-electron chi connectivity index (χ0n) is 11.4. The molecule has 1 unspecified atom stereocenters. The van der Waals surface area contributed by atoms with Crippen molar-refractivity contribution in [1.82, 2.24) is 0 Å². The molecule has 0 aromatic rings. The van der Waals surface area contributed by atoms with E-state index in [-0.39, 0.29) is 12.1 Å². The first-order chi connectivity index (χ1) is 8.92. The van der Waals surface area contributed by atoms with Crippen molar-refractivity contribution in [2.75, 3.05) is 20.3 Å². The zero-order chi connectivity index (χ0) is 15.3. The first-order valence-corrected chi connectivity index (χ1v) is 5.36. The number of hydrogen-bond donors (Lipinski definition) is 0. The summed E-state index contributed by atoms with van der Waals surface area (Å²) in [4.78, 5) is 20.5. The smallest absolute Gasteiger partial charge is 0.333 e. The van der Waals surface area contributed by atoms with Crippen LogP contribution in [0.15, 0.2) is 43.7 Å². The van der Waals surface area contributed by atoms with Crippen LogP contribution in [-0.2, 0) is 23.8 Å². The fourth-order valence-corrected chi connectivity index (χ4v) is 0.539. The standard InChI is InChI=1S/C7H10O3.C4H6O2.C3H4/c1-5(2)7(8)10-4-6-3-9-6;1-3-4(5)6-2;1-3-2/h6H,1,3-4H2,2H3;3H,1H2,2H3;1-2H2. The molecular formula is C14H20O5. The van der Waals surface area contributed by atoms with E-state index in [1.54, 1.807) is 6.92 Å². The normalized spacial score (nSPS) is 14.1. The molecule has 0 aromatic heterocycles. The third-order valence-electron chi connectivity index (χ3n) is 1.52. The minimum absolute atomic E-state index is 0.142. The third kappa shape index (κ3) is 15.9. The van der Waals surface area contributed by atoms with Crippen molar-refractivity contribution in [2.24, 2.45) is 0 Å². The number of epoxide rings is 1. The van der Waals surface area contributed by atoms with Crippen LogP contribution in [0.4, 0.5) is 0 Å². The largest absolute Gasteiger partial charge is 0.466 e. The number of ether oxygens (including phenoxy) is 3. The molecule has 0 spiro atoms. The first kappa shape index (κ1) is 19.2. The van der Waals surface area contributed by atoms with E-state index in [2.05, 4.69) is 36.8 Å². The van der Waals surface area contributed by atoms with E-state index in [9.17, 15) is 9.59 Å². The second-order valence-corrected chi connectivity index (χ2v) is 3.31. The van der Waals surface area contributed by atoms with Crippen LogP contribution in [0.2, 0.25) is 0 Å². The molecular weight excluding hydrogens is 248 g/mol. The number of rotatable bonds is 4. The van der Waals surface area contributed by atoms with E-state index >= 15 is 0 Å². The van der Waals surface area contributed by atoms with Crippen LogP contribution in [0.5, 0.6) is 0 Å². The Bertz CT molecular complexity index is 347. The van der Waals surface area contributed by atoms with Crippen molar-refractivity contribution in [3.63, 3.8) is 0 Å². The molecule has 5 nitrogen and oxygen atoms in total. The van der Waals surface area contributed by atoms with Crippen LogP contribution in [0.25, 0.3) is 0 Å². The van der Waals surface area contributed by atoms with Crippen LogP contribution < -0.4 is 0 Å². The monoisotopic (exact) mass is 268 g/mol. The fourth-order valence-electron chi connectivity index (χ4n) is 0.539. The van der Waals surface area contributed by atoms with Gasteiger partial charge in [0.25, 0.3) is 0 Å². The van der Waals surface area contributed by atoms with Crippen molar-refractivity contribution in [1.29, 1.82) is 0 Å². The van der Waals surface area contributed by atoms with Crippen LogP contribution in [-0.4, -0.2) is 38.4 Å². The molecule has 1 heterocycles. The van der Waals surface area contributed by atoms with E-state index in [4.69, 9.17) is 9.47 Å². The van der Waals surface area contributed by atoms with E-state index in [0.717, 1.165) is 6.08 Å². The van der Waals surface area contributed by atoms with Crippen LogP contribution >= 0.6 is 0 Å². The number of carbonyl (C=O) groups is 2. The minimum Gasteiger partial charge on any atom is -0.466 e. The summed E-state index contributed by atoms with van der Waals surface area (Å²) in [6, 6.07) is 0. The van der Waals surface area contributed by atoms with Gasteiger partial charge >= 0.3 is 11.9 Å². The lowest BCUT2D eigenvalue weighted by Gasteiger charge is -1.99. The molecule has 106 valence electrons. The molecule has 1 fully saturated rings. The van der Waals surface area contributed by atoms with E-state index in [1.807, 2.05) is 0 Å². The Morgan fingerprint density at radius 1 is 1.47 bits per heavy atom. The van der Waals surface area contributed by atoms with Gasteiger partial charge in [-0.25, -0.2) is 9.59 Å². The molecule has 0 amide bonds. The molecule has 1 atom stereocenters. The molecule has 0 bridgehead atoms. The van der Waals surface area contributed by atoms with Gasteiger partial charge in [0.1, 0.15) is 12.7 Å². The summed E-state index contributed by atoms with van der Waals surface area (Å²) in [7, 11) is 1.31. The average molecular weight is 268 g/mol. The van der Waals surface area contributed by atoms with Gasteiger partial charge in [-0.3, -0.25) is 0 Å².